The predicted molar refractivity (Wildman–Crippen MR) is 62.8 cm³/mol. The molecule has 0 aliphatic rings. The summed E-state index contributed by atoms with van der Waals surface area (Å²) in [5.41, 5.74) is 0.233. The topological polar surface area (TPSA) is 46.0 Å². The summed E-state index contributed by atoms with van der Waals surface area (Å²) in [7, 11) is 0. The van der Waals surface area contributed by atoms with Crippen LogP contribution in [-0.4, -0.2) is 19.8 Å². The number of alkyl halides is 3. The molecule has 4 nitrogen and oxygen atoms in total. The second kappa shape index (κ2) is 3.99. The number of hydrogen-bond acceptors (Lipinski definition) is 2. The standard InChI is InChI=1S/C11H6ClF3N4/c12-8-5-16-19-9(17-18-10(8)19)6-1-3-7(4-2-6)11(13,14)15/h1-5,16H. The first-order chi connectivity index (χ1) is 8.97. The third kappa shape index (κ3) is 1.95. The monoisotopic (exact) mass is 286 g/mol. The van der Waals surface area contributed by atoms with Gasteiger partial charge in [-0.25, -0.2) is 4.52 Å². The Hall–Kier alpha value is -2.02. The third-order valence-electron chi connectivity index (χ3n) is 2.67. The summed E-state index contributed by atoms with van der Waals surface area (Å²) in [6.45, 7) is 0. The Morgan fingerprint density at radius 3 is 2.42 bits per heavy atom. The van der Waals surface area contributed by atoms with Gasteiger partial charge in [-0.15, -0.1) is 10.2 Å². The van der Waals surface area contributed by atoms with Crippen LogP contribution in [0, 0.1) is 0 Å². The zero-order valence-electron chi connectivity index (χ0n) is 9.24. The van der Waals surface area contributed by atoms with E-state index in [1.807, 2.05) is 0 Å². The Balaban J connectivity index is 2.07. The van der Waals surface area contributed by atoms with Crippen molar-refractivity contribution < 1.29 is 13.2 Å². The lowest BCUT2D eigenvalue weighted by molar-refractivity contribution is -0.137. The molecule has 3 aromatic rings. The Morgan fingerprint density at radius 2 is 1.79 bits per heavy atom. The molecule has 1 N–H and O–H groups in total. The van der Waals surface area contributed by atoms with E-state index in [-0.39, 0.29) is 0 Å². The number of H-pyrrole nitrogens is 1. The van der Waals surface area contributed by atoms with Crippen LogP contribution in [0.3, 0.4) is 0 Å². The first kappa shape index (κ1) is 12.0. The lowest BCUT2D eigenvalue weighted by Gasteiger charge is -2.06. The Labute approximate surface area is 109 Å². The van der Waals surface area contributed by atoms with Gasteiger partial charge in [0.25, 0.3) is 0 Å². The van der Waals surface area contributed by atoms with Crippen LogP contribution < -0.4 is 0 Å². The van der Waals surface area contributed by atoms with Gasteiger partial charge in [0.1, 0.15) is 5.02 Å². The van der Waals surface area contributed by atoms with Crippen molar-refractivity contribution in [1.82, 2.24) is 19.8 Å². The SMILES string of the molecule is FC(F)(F)c1ccc(-c2nnc3c(Cl)c[nH]n23)cc1. The van der Waals surface area contributed by atoms with Crippen molar-refractivity contribution in [3.8, 4) is 11.4 Å². The number of halogens is 4. The van der Waals surface area contributed by atoms with Gasteiger partial charge in [0.05, 0.1) is 5.56 Å². The number of benzene rings is 1. The van der Waals surface area contributed by atoms with Crippen molar-refractivity contribution >= 4 is 17.2 Å². The Bertz CT molecular complexity index is 727. The summed E-state index contributed by atoms with van der Waals surface area (Å²) in [6.07, 6.45) is -2.83. The molecule has 2 heterocycles. The fraction of sp³-hybridized carbons (Fsp3) is 0.0909. The van der Waals surface area contributed by atoms with E-state index in [9.17, 15) is 13.2 Å². The van der Waals surface area contributed by atoms with Crippen molar-refractivity contribution in [3.63, 3.8) is 0 Å². The lowest BCUT2D eigenvalue weighted by atomic mass is 10.1. The fourth-order valence-electron chi connectivity index (χ4n) is 1.74. The van der Waals surface area contributed by atoms with Gasteiger partial charge >= 0.3 is 6.18 Å². The quantitative estimate of drug-likeness (QED) is 0.745. The van der Waals surface area contributed by atoms with Crippen LogP contribution in [0.2, 0.25) is 5.02 Å². The summed E-state index contributed by atoms with van der Waals surface area (Å²) < 4.78 is 38.9. The summed E-state index contributed by atoms with van der Waals surface area (Å²) in [4.78, 5) is 0. The molecule has 1 aromatic carbocycles. The second-order valence-electron chi connectivity index (χ2n) is 3.88. The molecule has 8 heteroatoms. The van der Waals surface area contributed by atoms with Crippen molar-refractivity contribution in [2.24, 2.45) is 0 Å². The minimum absolute atomic E-state index is 0.394. The molecule has 0 fully saturated rings. The number of aromatic nitrogens is 4. The molecule has 3 rings (SSSR count). The molecular formula is C11H6ClF3N4. The fourth-order valence-corrected chi connectivity index (χ4v) is 1.91. The first-order valence-corrected chi connectivity index (χ1v) is 5.60. The van der Waals surface area contributed by atoms with Crippen molar-refractivity contribution in [2.75, 3.05) is 0 Å². The number of nitrogens with zero attached hydrogens (tertiary/aromatic N) is 3. The van der Waals surface area contributed by atoms with Gasteiger partial charge in [0.15, 0.2) is 11.5 Å². The molecule has 0 saturated heterocycles. The minimum Gasteiger partial charge on any atom is -0.296 e. The average molecular weight is 287 g/mol. The molecule has 0 atom stereocenters. The number of nitrogens with one attached hydrogen (secondary N) is 1. The van der Waals surface area contributed by atoms with Gasteiger partial charge in [-0.2, -0.15) is 13.2 Å². The van der Waals surface area contributed by atoms with E-state index in [1.165, 1.54) is 22.8 Å². The number of hydrogen-bond donors (Lipinski definition) is 1. The molecular weight excluding hydrogens is 281 g/mol. The molecule has 98 valence electrons. The maximum atomic E-state index is 12.5. The van der Waals surface area contributed by atoms with E-state index in [1.54, 1.807) is 0 Å². The van der Waals surface area contributed by atoms with Crippen LogP contribution in [0.5, 0.6) is 0 Å². The zero-order chi connectivity index (χ0) is 13.6. The van der Waals surface area contributed by atoms with E-state index in [0.717, 1.165) is 12.1 Å². The molecule has 0 spiro atoms. The molecule has 0 unspecified atom stereocenters. The van der Waals surface area contributed by atoms with Crippen molar-refractivity contribution in [3.05, 3.63) is 41.0 Å². The number of fused-ring (bicyclic) bond motifs is 1. The Morgan fingerprint density at radius 1 is 1.11 bits per heavy atom. The van der Waals surface area contributed by atoms with Gasteiger partial charge in [0, 0.05) is 11.8 Å². The Kier molecular flexibility index (Phi) is 2.53. The van der Waals surface area contributed by atoms with Gasteiger partial charge < -0.3 is 0 Å². The van der Waals surface area contributed by atoms with E-state index < -0.39 is 11.7 Å². The van der Waals surface area contributed by atoms with Gasteiger partial charge in [-0.1, -0.05) is 23.7 Å². The van der Waals surface area contributed by atoms with Crippen LogP contribution in [0.15, 0.2) is 30.5 Å². The highest BCUT2D eigenvalue weighted by Gasteiger charge is 2.30. The predicted octanol–water partition coefficient (Wildman–Crippen LogP) is 3.40. The van der Waals surface area contributed by atoms with Crippen LogP contribution in [0.1, 0.15) is 5.56 Å². The van der Waals surface area contributed by atoms with E-state index >= 15 is 0 Å². The molecule has 19 heavy (non-hydrogen) atoms. The van der Waals surface area contributed by atoms with Gasteiger partial charge in [0.2, 0.25) is 0 Å². The summed E-state index contributed by atoms with van der Waals surface area (Å²) in [5.74, 6) is 0.399. The maximum absolute atomic E-state index is 12.5. The molecule has 2 aromatic heterocycles. The zero-order valence-corrected chi connectivity index (χ0v) is 10.00. The number of aromatic amines is 1. The van der Waals surface area contributed by atoms with Crippen LogP contribution in [-0.2, 0) is 6.18 Å². The molecule has 0 amide bonds. The van der Waals surface area contributed by atoms with E-state index in [2.05, 4.69) is 15.3 Å². The molecule has 0 saturated carbocycles. The maximum Gasteiger partial charge on any atom is 0.416 e. The summed E-state index contributed by atoms with van der Waals surface area (Å²) >= 11 is 5.86. The van der Waals surface area contributed by atoms with Crippen LogP contribution in [0.4, 0.5) is 13.2 Å². The highest BCUT2D eigenvalue weighted by molar-refractivity contribution is 6.33. The molecule has 0 radical (unpaired) electrons. The van der Waals surface area contributed by atoms with Crippen molar-refractivity contribution in [2.45, 2.75) is 6.18 Å². The summed E-state index contributed by atoms with van der Waals surface area (Å²) in [5, 5.41) is 11.0. The van der Waals surface area contributed by atoms with Crippen LogP contribution >= 0.6 is 11.6 Å². The highest BCUT2D eigenvalue weighted by atomic mass is 35.5. The molecule has 0 bridgehead atoms. The first-order valence-electron chi connectivity index (χ1n) is 5.22. The van der Waals surface area contributed by atoms with Gasteiger partial charge in [-0.05, 0) is 12.1 Å². The van der Waals surface area contributed by atoms with Crippen molar-refractivity contribution in [1.29, 1.82) is 0 Å². The minimum atomic E-state index is -4.35. The largest absolute Gasteiger partial charge is 0.416 e. The normalized spacial score (nSPS) is 12.2. The summed E-state index contributed by atoms with van der Waals surface area (Å²) in [6, 6.07) is 4.68. The van der Waals surface area contributed by atoms with E-state index in [0.29, 0.717) is 22.1 Å². The number of rotatable bonds is 1. The second-order valence-corrected chi connectivity index (χ2v) is 4.29. The smallest absolute Gasteiger partial charge is 0.296 e. The van der Waals surface area contributed by atoms with Gasteiger partial charge in [-0.3, -0.25) is 5.10 Å². The molecule has 0 aliphatic heterocycles. The third-order valence-corrected chi connectivity index (χ3v) is 2.95. The lowest BCUT2D eigenvalue weighted by Crippen LogP contribution is -2.04. The van der Waals surface area contributed by atoms with E-state index in [4.69, 9.17) is 11.6 Å². The van der Waals surface area contributed by atoms with Crippen LogP contribution in [0.25, 0.3) is 17.0 Å². The molecule has 0 aliphatic carbocycles. The average Bonchev–Trinajstić information content (AvgIpc) is 2.92. The highest BCUT2D eigenvalue weighted by Crippen LogP contribution is 2.30.